The zero-order chi connectivity index (χ0) is 12.1. The Morgan fingerprint density at radius 3 is 2.59 bits per heavy atom. The molecule has 0 aliphatic carbocycles. The smallest absolute Gasteiger partial charge is 0.141 e. The minimum Gasteiger partial charge on any atom is -0.494 e. The molecular weight excluding hydrogens is 212 g/mol. The van der Waals surface area contributed by atoms with E-state index in [0.29, 0.717) is 12.3 Å². The SMILES string of the molecule is CCOc1ccc(-c2cccc(C#N)n2)cc1. The summed E-state index contributed by atoms with van der Waals surface area (Å²) in [6, 6.07) is 15.1. The fourth-order valence-electron chi connectivity index (χ4n) is 1.55. The van der Waals surface area contributed by atoms with Gasteiger partial charge >= 0.3 is 0 Å². The van der Waals surface area contributed by atoms with Gasteiger partial charge in [0.05, 0.1) is 12.3 Å². The molecule has 1 aromatic heterocycles. The highest BCUT2D eigenvalue weighted by atomic mass is 16.5. The molecule has 0 aliphatic heterocycles. The average Bonchev–Trinajstić information content (AvgIpc) is 2.40. The number of pyridine rings is 1. The molecule has 0 aliphatic rings. The Labute approximate surface area is 100 Å². The number of hydrogen-bond donors (Lipinski definition) is 0. The van der Waals surface area contributed by atoms with Gasteiger partial charge in [-0.05, 0) is 43.3 Å². The molecule has 3 nitrogen and oxygen atoms in total. The predicted molar refractivity (Wildman–Crippen MR) is 65.6 cm³/mol. The normalized spacial score (nSPS) is 9.65. The molecule has 0 atom stereocenters. The number of hydrogen-bond acceptors (Lipinski definition) is 3. The lowest BCUT2D eigenvalue weighted by molar-refractivity contribution is 0.340. The summed E-state index contributed by atoms with van der Waals surface area (Å²) in [7, 11) is 0. The topological polar surface area (TPSA) is 45.9 Å². The largest absolute Gasteiger partial charge is 0.494 e. The van der Waals surface area contributed by atoms with Crippen molar-refractivity contribution in [3.63, 3.8) is 0 Å². The summed E-state index contributed by atoms with van der Waals surface area (Å²) < 4.78 is 5.37. The zero-order valence-electron chi connectivity index (χ0n) is 9.55. The molecule has 84 valence electrons. The molecule has 2 aromatic rings. The summed E-state index contributed by atoms with van der Waals surface area (Å²) in [6.45, 7) is 2.60. The summed E-state index contributed by atoms with van der Waals surface area (Å²) in [5.41, 5.74) is 2.20. The van der Waals surface area contributed by atoms with Crippen LogP contribution in [0, 0.1) is 11.3 Å². The van der Waals surface area contributed by atoms with Gasteiger partial charge in [-0.3, -0.25) is 0 Å². The van der Waals surface area contributed by atoms with E-state index in [2.05, 4.69) is 4.98 Å². The fourth-order valence-corrected chi connectivity index (χ4v) is 1.55. The van der Waals surface area contributed by atoms with Crippen LogP contribution in [0.5, 0.6) is 5.75 Å². The molecular formula is C14H12N2O. The second kappa shape index (κ2) is 5.13. The lowest BCUT2D eigenvalue weighted by atomic mass is 10.1. The summed E-state index contributed by atoms with van der Waals surface area (Å²) in [5.74, 6) is 0.840. The molecule has 0 spiro atoms. The van der Waals surface area contributed by atoms with Gasteiger partial charge in [-0.1, -0.05) is 6.07 Å². The molecule has 0 N–H and O–H groups in total. The molecule has 0 unspecified atom stereocenters. The first-order valence-electron chi connectivity index (χ1n) is 5.44. The van der Waals surface area contributed by atoms with E-state index in [1.807, 2.05) is 49.4 Å². The van der Waals surface area contributed by atoms with Gasteiger partial charge in [0, 0.05) is 5.56 Å². The van der Waals surface area contributed by atoms with Crippen molar-refractivity contribution in [2.45, 2.75) is 6.92 Å². The maximum absolute atomic E-state index is 8.79. The molecule has 1 aromatic carbocycles. The Kier molecular flexibility index (Phi) is 3.37. The van der Waals surface area contributed by atoms with Crippen molar-refractivity contribution in [2.24, 2.45) is 0 Å². The minimum absolute atomic E-state index is 0.427. The molecule has 2 rings (SSSR count). The van der Waals surface area contributed by atoms with Gasteiger partial charge in [0.1, 0.15) is 17.5 Å². The highest BCUT2D eigenvalue weighted by Crippen LogP contribution is 2.20. The van der Waals surface area contributed by atoms with E-state index in [4.69, 9.17) is 10.00 Å². The first-order chi connectivity index (χ1) is 8.33. The van der Waals surface area contributed by atoms with Gasteiger partial charge in [-0.25, -0.2) is 4.98 Å². The fraction of sp³-hybridized carbons (Fsp3) is 0.143. The molecule has 0 saturated heterocycles. The Hall–Kier alpha value is -2.34. The van der Waals surface area contributed by atoms with Crippen LogP contribution in [0.4, 0.5) is 0 Å². The summed E-state index contributed by atoms with van der Waals surface area (Å²) in [4.78, 5) is 4.24. The number of rotatable bonds is 3. The van der Waals surface area contributed by atoms with Crippen LogP contribution >= 0.6 is 0 Å². The van der Waals surface area contributed by atoms with Crippen LogP contribution in [0.2, 0.25) is 0 Å². The maximum Gasteiger partial charge on any atom is 0.141 e. The van der Waals surface area contributed by atoms with Crippen LogP contribution in [0.1, 0.15) is 12.6 Å². The second-order valence-electron chi connectivity index (χ2n) is 3.48. The first kappa shape index (κ1) is 11.2. The van der Waals surface area contributed by atoms with E-state index in [9.17, 15) is 0 Å². The highest BCUT2D eigenvalue weighted by molar-refractivity contribution is 5.60. The second-order valence-corrected chi connectivity index (χ2v) is 3.48. The van der Waals surface area contributed by atoms with Crippen molar-refractivity contribution >= 4 is 0 Å². The number of ether oxygens (including phenoxy) is 1. The van der Waals surface area contributed by atoms with Gasteiger partial charge in [-0.15, -0.1) is 0 Å². The Balaban J connectivity index is 2.30. The van der Waals surface area contributed by atoms with Crippen LogP contribution in [0.25, 0.3) is 11.3 Å². The van der Waals surface area contributed by atoms with Gasteiger partial charge in [0.2, 0.25) is 0 Å². The average molecular weight is 224 g/mol. The molecule has 0 saturated carbocycles. The minimum atomic E-state index is 0.427. The van der Waals surface area contributed by atoms with E-state index < -0.39 is 0 Å². The maximum atomic E-state index is 8.79. The summed E-state index contributed by atoms with van der Waals surface area (Å²) in [5, 5.41) is 8.79. The molecule has 17 heavy (non-hydrogen) atoms. The number of nitrogens with zero attached hydrogens (tertiary/aromatic N) is 2. The molecule has 0 bridgehead atoms. The van der Waals surface area contributed by atoms with Gasteiger partial charge in [-0.2, -0.15) is 5.26 Å². The van der Waals surface area contributed by atoms with Crippen LogP contribution in [0.3, 0.4) is 0 Å². The summed E-state index contributed by atoms with van der Waals surface area (Å²) in [6.07, 6.45) is 0. The first-order valence-corrected chi connectivity index (χ1v) is 5.44. The molecule has 0 fully saturated rings. The van der Waals surface area contributed by atoms with E-state index in [1.54, 1.807) is 6.07 Å². The van der Waals surface area contributed by atoms with Crippen molar-refractivity contribution < 1.29 is 4.74 Å². The zero-order valence-corrected chi connectivity index (χ0v) is 9.55. The highest BCUT2D eigenvalue weighted by Gasteiger charge is 2.01. The number of benzene rings is 1. The third kappa shape index (κ3) is 2.61. The third-order valence-electron chi connectivity index (χ3n) is 2.32. The van der Waals surface area contributed by atoms with Gasteiger partial charge in [0.15, 0.2) is 0 Å². The van der Waals surface area contributed by atoms with Crippen molar-refractivity contribution in [1.82, 2.24) is 4.98 Å². The quantitative estimate of drug-likeness (QED) is 0.805. The lowest BCUT2D eigenvalue weighted by Gasteiger charge is -2.04. The lowest BCUT2D eigenvalue weighted by Crippen LogP contribution is -1.91. The van der Waals surface area contributed by atoms with Crippen LogP contribution in [0.15, 0.2) is 42.5 Å². The van der Waals surface area contributed by atoms with Crippen molar-refractivity contribution in [3.05, 3.63) is 48.2 Å². The summed E-state index contributed by atoms with van der Waals surface area (Å²) >= 11 is 0. The standard InChI is InChI=1S/C14H12N2O/c1-2-17-13-8-6-11(7-9-13)14-5-3-4-12(10-15)16-14/h3-9H,2H2,1H3. The third-order valence-corrected chi connectivity index (χ3v) is 2.32. The number of aromatic nitrogens is 1. The van der Waals surface area contributed by atoms with Crippen molar-refractivity contribution in [2.75, 3.05) is 6.61 Å². The molecule has 0 amide bonds. The monoisotopic (exact) mass is 224 g/mol. The Morgan fingerprint density at radius 1 is 1.18 bits per heavy atom. The van der Waals surface area contributed by atoms with Crippen LogP contribution in [-0.4, -0.2) is 11.6 Å². The molecule has 0 radical (unpaired) electrons. The Morgan fingerprint density at radius 2 is 1.94 bits per heavy atom. The molecule has 1 heterocycles. The van der Waals surface area contributed by atoms with E-state index in [-0.39, 0.29) is 0 Å². The van der Waals surface area contributed by atoms with E-state index in [1.165, 1.54) is 0 Å². The number of nitriles is 1. The predicted octanol–water partition coefficient (Wildman–Crippen LogP) is 3.02. The van der Waals surface area contributed by atoms with E-state index in [0.717, 1.165) is 17.0 Å². The Bertz CT molecular complexity index is 541. The van der Waals surface area contributed by atoms with Crippen LogP contribution in [-0.2, 0) is 0 Å². The van der Waals surface area contributed by atoms with Crippen LogP contribution < -0.4 is 4.74 Å². The van der Waals surface area contributed by atoms with Gasteiger partial charge in [0.25, 0.3) is 0 Å². The molecule has 3 heteroatoms. The van der Waals surface area contributed by atoms with E-state index >= 15 is 0 Å². The van der Waals surface area contributed by atoms with Crippen molar-refractivity contribution in [1.29, 1.82) is 5.26 Å². The van der Waals surface area contributed by atoms with Crippen molar-refractivity contribution in [3.8, 4) is 23.1 Å². The van der Waals surface area contributed by atoms with Gasteiger partial charge < -0.3 is 4.74 Å².